The Kier molecular flexibility index (Phi) is 4.91. The second-order valence-corrected chi connectivity index (χ2v) is 6.82. The molecule has 0 fully saturated rings. The van der Waals surface area contributed by atoms with E-state index in [2.05, 4.69) is 4.72 Å². The molecule has 1 N–H and O–H groups in total. The Balaban J connectivity index is 2.60. The largest absolute Gasteiger partial charge is 0.375 e. The minimum Gasteiger partial charge on any atom is -0.375 e. The highest BCUT2D eigenvalue weighted by Gasteiger charge is 2.18. The van der Waals surface area contributed by atoms with Gasteiger partial charge in [0.25, 0.3) is 0 Å². The fourth-order valence-electron chi connectivity index (χ4n) is 1.15. The van der Waals surface area contributed by atoms with E-state index in [1.165, 1.54) is 0 Å². The van der Waals surface area contributed by atoms with Crippen LogP contribution in [0.3, 0.4) is 0 Å². The predicted octanol–water partition coefficient (Wildman–Crippen LogP) is 1.76. The summed E-state index contributed by atoms with van der Waals surface area (Å²) >= 11 is 1.57. The van der Waals surface area contributed by atoms with E-state index < -0.39 is 15.3 Å². The third kappa shape index (κ3) is 3.55. The van der Waals surface area contributed by atoms with Crippen LogP contribution in [0.5, 0.6) is 0 Å². The summed E-state index contributed by atoms with van der Waals surface area (Å²) in [5, 5.41) is 3.48. The van der Waals surface area contributed by atoms with Gasteiger partial charge >= 0.3 is 0 Å². The number of rotatable bonds is 6. The number of nitrogens with one attached hydrogen (secondary N) is 1. The Bertz CT molecular complexity index is 398. The van der Waals surface area contributed by atoms with E-state index >= 15 is 0 Å². The van der Waals surface area contributed by atoms with Crippen LogP contribution in [0.4, 0.5) is 0 Å². The molecule has 1 aromatic rings. The normalized spacial score (nSPS) is 14.2. The number of thiophene rings is 1. The summed E-state index contributed by atoms with van der Waals surface area (Å²) < 4.78 is 30.9. The summed E-state index contributed by atoms with van der Waals surface area (Å²) in [4.78, 5) is 0. The molecule has 0 aliphatic carbocycles. The standard InChI is InChI=1S/C10H17NO3S2/c1-8(2)16(12,13)11-6-10(14-3)9-4-5-15-7-9/h4-5,7-8,10-11H,6H2,1-3H3. The van der Waals surface area contributed by atoms with Gasteiger partial charge in [-0.05, 0) is 36.2 Å². The Labute approximate surface area is 101 Å². The molecule has 0 aliphatic heterocycles. The SMILES string of the molecule is COC(CNS(=O)(=O)C(C)C)c1ccsc1. The number of hydrogen-bond acceptors (Lipinski definition) is 4. The molecule has 92 valence electrons. The lowest BCUT2D eigenvalue weighted by atomic mass is 10.2. The average Bonchev–Trinajstić information content (AvgIpc) is 2.71. The van der Waals surface area contributed by atoms with Gasteiger partial charge in [-0.1, -0.05) is 0 Å². The molecule has 0 saturated heterocycles. The van der Waals surface area contributed by atoms with Gasteiger partial charge in [0, 0.05) is 13.7 Å². The predicted molar refractivity (Wildman–Crippen MR) is 66.1 cm³/mol. The lowest BCUT2D eigenvalue weighted by molar-refractivity contribution is 0.107. The monoisotopic (exact) mass is 263 g/mol. The maximum absolute atomic E-state index is 11.6. The molecule has 0 radical (unpaired) electrons. The zero-order chi connectivity index (χ0) is 12.2. The summed E-state index contributed by atoms with van der Waals surface area (Å²) in [6, 6.07) is 1.93. The topological polar surface area (TPSA) is 55.4 Å². The molecular weight excluding hydrogens is 246 g/mol. The van der Waals surface area contributed by atoms with Crippen molar-refractivity contribution < 1.29 is 13.2 Å². The molecule has 1 rings (SSSR count). The molecule has 0 spiro atoms. The number of methoxy groups -OCH3 is 1. The van der Waals surface area contributed by atoms with Gasteiger partial charge in [-0.25, -0.2) is 13.1 Å². The summed E-state index contributed by atoms with van der Waals surface area (Å²) in [5.74, 6) is 0. The highest BCUT2D eigenvalue weighted by Crippen LogP contribution is 2.18. The Morgan fingerprint density at radius 2 is 2.19 bits per heavy atom. The first kappa shape index (κ1) is 13.6. The van der Waals surface area contributed by atoms with E-state index in [0.717, 1.165) is 5.56 Å². The Hall–Kier alpha value is -0.430. The van der Waals surface area contributed by atoms with E-state index in [9.17, 15) is 8.42 Å². The van der Waals surface area contributed by atoms with Crippen molar-refractivity contribution in [3.8, 4) is 0 Å². The summed E-state index contributed by atoms with van der Waals surface area (Å²) in [6.45, 7) is 3.57. The van der Waals surface area contributed by atoms with Crippen LogP contribution in [0, 0.1) is 0 Å². The molecule has 0 amide bonds. The Morgan fingerprint density at radius 3 is 2.62 bits per heavy atom. The van der Waals surface area contributed by atoms with Crippen LogP contribution in [0.25, 0.3) is 0 Å². The van der Waals surface area contributed by atoms with Gasteiger partial charge in [0.2, 0.25) is 10.0 Å². The van der Waals surface area contributed by atoms with Crippen LogP contribution < -0.4 is 4.72 Å². The lowest BCUT2D eigenvalue weighted by Gasteiger charge is -2.16. The number of hydrogen-bond donors (Lipinski definition) is 1. The highest BCUT2D eigenvalue weighted by molar-refractivity contribution is 7.90. The van der Waals surface area contributed by atoms with Crippen molar-refractivity contribution in [3.63, 3.8) is 0 Å². The van der Waals surface area contributed by atoms with Crippen molar-refractivity contribution in [3.05, 3.63) is 22.4 Å². The second kappa shape index (κ2) is 5.77. The van der Waals surface area contributed by atoms with E-state index in [0.29, 0.717) is 0 Å². The van der Waals surface area contributed by atoms with E-state index in [4.69, 9.17) is 4.74 Å². The van der Waals surface area contributed by atoms with Gasteiger partial charge in [-0.2, -0.15) is 11.3 Å². The third-order valence-corrected chi connectivity index (χ3v) is 4.80. The summed E-state index contributed by atoms with van der Waals surface area (Å²) in [6.07, 6.45) is -0.222. The minimum atomic E-state index is -3.22. The zero-order valence-corrected chi connectivity index (χ0v) is 11.3. The molecular formula is C10H17NO3S2. The first-order chi connectivity index (χ1) is 7.47. The van der Waals surface area contributed by atoms with Crippen molar-refractivity contribution >= 4 is 21.4 Å². The average molecular weight is 263 g/mol. The molecule has 0 bridgehead atoms. The third-order valence-electron chi connectivity index (χ3n) is 2.29. The molecule has 1 heterocycles. The maximum Gasteiger partial charge on any atom is 0.214 e. The van der Waals surface area contributed by atoms with Gasteiger partial charge in [-0.15, -0.1) is 0 Å². The van der Waals surface area contributed by atoms with Gasteiger partial charge in [0.15, 0.2) is 0 Å². The van der Waals surface area contributed by atoms with Crippen LogP contribution in [-0.2, 0) is 14.8 Å². The zero-order valence-electron chi connectivity index (χ0n) is 9.64. The van der Waals surface area contributed by atoms with Gasteiger partial charge in [-0.3, -0.25) is 0 Å². The first-order valence-electron chi connectivity index (χ1n) is 5.00. The molecule has 0 saturated carbocycles. The smallest absolute Gasteiger partial charge is 0.214 e. The molecule has 4 nitrogen and oxygen atoms in total. The van der Waals surface area contributed by atoms with E-state index in [1.54, 1.807) is 32.3 Å². The van der Waals surface area contributed by atoms with Crippen LogP contribution in [0.2, 0.25) is 0 Å². The molecule has 0 aliphatic rings. The molecule has 1 aromatic heterocycles. The molecule has 0 aromatic carbocycles. The Morgan fingerprint density at radius 1 is 1.50 bits per heavy atom. The number of sulfonamides is 1. The van der Waals surface area contributed by atoms with Gasteiger partial charge in [0.1, 0.15) is 0 Å². The molecule has 1 unspecified atom stereocenters. The molecule has 16 heavy (non-hydrogen) atoms. The summed E-state index contributed by atoms with van der Waals surface area (Å²) in [7, 11) is -1.65. The van der Waals surface area contributed by atoms with Crippen LogP contribution >= 0.6 is 11.3 Å². The fraction of sp³-hybridized carbons (Fsp3) is 0.600. The van der Waals surface area contributed by atoms with Crippen LogP contribution in [0.1, 0.15) is 25.5 Å². The van der Waals surface area contributed by atoms with Crippen molar-refractivity contribution in [2.75, 3.05) is 13.7 Å². The van der Waals surface area contributed by atoms with Crippen molar-refractivity contribution in [2.24, 2.45) is 0 Å². The van der Waals surface area contributed by atoms with E-state index in [1.807, 2.05) is 16.8 Å². The maximum atomic E-state index is 11.6. The highest BCUT2D eigenvalue weighted by atomic mass is 32.2. The van der Waals surface area contributed by atoms with Crippen molar-refractivity contribution in [1.82, 2.24) is 4.72 Å². The molecule has 6 heteroatoms. The van der Waals surface area contributed by atoms with Crippen molar-refractivity contribution in [2.45, 2.75) is 25.2 Å². The quantitative estimate of drug-likeness (QED) is 0.851. The van der Waals surface area contributed by atoms with Crippen LogP contribution in [-0.4, -0.2) is 27.3 Å². The fourth-order valence-corrected chi connectivity index (χ4v) is 2.57. The van der Waals surface area contributed by atoms with Crippen molar-refractivity contribution in [1.29, 1.82) is 0 Å². The molecule has 1 atom stereocenters. The number of ether oxygens (including phenoxy) is 1. The lowest BCUT2D eigenvalue weighted by Crippen LogP contribution is -2.34. The second-order valence-electron chi connectivity index (χ2n) is 3.72. The van der Waals surface area contributed by atoms with Gasteiger partial charge < -0.3 is 4.74 Å². The van der Waals surface area contributed by atoms with Crippen LogP contribution in [0.15, 0.2) is 16.8 Å². The first-order valence-corrected chi connectivity index (χ1v) is 7.49. The summed E-state index contributed by atoms with van der Waals surface area (Å²) in [5.41, 5.74) is 0.999. The minimum absolute atomic E-state index is 0.222. The van der Waals surface area contributed by atoms with Gasteiger partial charge in [0.05, 0.1) is 11.4 Å². The van der Waals surface area contributed by atoms with E-state index in [-0.39, 0.29) is 12.6 Å².